The van der Waals surface area contributed by atoms with Crippen molar-refractivity contribution in [3.05, 3.63) is 28.2 Å². The Labute approximate surface area is 175 Å². The first-order valence-electron chi connectivity index (χ1n) is 10.1. The van der Waals surface area contributed by atoms with Crippen LogP contribution in [0.2, 0.25) is 10.0 Å². The van der Waals surface area contributed by atoms with E-state index in [0.717, 1.165) is 45.1 Å². The van der Waals surface area contributed by atoms with Gasteiger partial charge in [-0.2, -0.15) is 0 Å². The molecule has 0 aromatic heterocycles. The Morgan fingerprint density at radius 2 is 1.93 bits per heavy atom. The lowest BCUT2D eigenvalue weighted by Crippen LogP contribution is -2.57. The lowest BCUT2D eigenvalue weighted by Gasteiger charge is -2.51. The van der Waals surface area contributed by atoms with Gasteiger partial charge in [0.1, 0.15) is 6.10 Å². The van der Waals surface area contributed by atoms with Gasteiger partial charge in [-0.15, -0.1) is 0 Å². The predicted octanol–water partition coefficient (Wildman–Crippen LogP) is 5.50. The molecule has 28 heavy (non-hydrogen) atoms. The number of carbonyl (C=O) groups excluding carboxylic acids is 2. The molecule has 1 aliphatic carbocycles. The number of benzene rings is 1. The van der Waals surface area contributed by atoms with Crippen LogP contribution in [0.4, 0.5) is 10.5 Å². The van der Waals surface area contributed by atoms with E-state index in [-0.39, 0.29) is 17.6 Å². The number of nitrogens with one attached hydrogen (secondary N) is 1. The highest BCUT2D eigenvalue weighted by molar-refractivity contribution is 6.35. The molecule has 1 aromatic carbocycles. The zero-order valence-corrected chi connectivity index (χ0v) is 17.6. The summed E-state index contributed by atoms with van der Waals surface area (Å²) in [5.41, 5.74) is 0.494. The number of hydrogen-bond donors (Lipinski definition) is 1. The van der Waals surface area contributed by atoms with E-state index < -0.39 is 6.09 Å². The highest BCUT2D eigenvalue weighted by Crippen LogP contribution is 2.52. The van der Waals surface area contributed by atoms with E-state index in [1.165, 1.54) is 0 Å². The van der Waals surface area contributed by atoms with Gasteiger partial charge in [0.25, 0.3) is 0 Å². The van der Waals surface area contributed by atoms with Crippen molar-refractivity contribution in [2.75, 3.05) is 11.9 Å². The van der Waals surface area contributed by atoms with E-state index in [4.69, 9.17) is 27.9 Å². The third kappa shape index (κ3) is 3.59. The molecule has 1 saturated carbocycles. The van der Waals surface area contributed by atoms with Gasteiger partial charge < -0.3 is 9.64 Å². The van der Waals surface area contributed by atoms with Crippen LogP contribution >= 0.6 is 23.2 Å². The normalized spacial score (nSPS) is 32.3. The summed E-state index contributed by atoms with van der Waals surface area (Å²) in [5.74, 6) is 0.907. The van der Waals surface area contributed by atoms with Crippen molar-refractivity contribution >= 4 is 40.9 Å². The summed E-state index contributed by atoms with van der Waals surface area (Å²) in [4.78, 5) is 27.2. The summed E-state index contributed by atoms with van der Waals surface area (Å²) < 4.78 is 5.81. The van der Waals surface area contributed by atoms with Gasteiger partial charge in [-0.05, 0) is 68.6 Å². The molecule has 3 fully saturated rings. The first kappa shape index (κ1) is 19.8. The number of anilines is 1. The summed E-state index contributed by atoms with van der Waals surface area (Å²) in [7, 11) is 0. The molecule has 2 heterocycles. The highest BCUT2D eigenvalue weighted by atomic mass is 35.5. The minimum atomic E-state index is -0.487. The van der Waals surface area contributed by atoms with Gasteiger partial charge in [0.15, 0.2) is 0 Å². The summed E-state index contributed by atoms with van der Waals surface area (Å²) in [5, 5.41) is 3.65. The Hall–Kier alpha value is -1.46. The first-order valence-corrected chi connectivity index (χ1v) is 10.9. The van der Waals surface area contributed by atoms with Crippen molar-refractivity contribution < 1.29 is 14.3 Å². The Kier molecular flexibility index (Phi) is 5.49. The molecule has 4 rings (SSSR count). The average molecular weight is 425 g/mol. The smallest absolute Gasteiger partial charge is 0.411 e. The van der Waals surface area contributed by atoms with Crippen molar-refractivity contribution in [2.45, 2.75) is 63.5 Å². The first-order chi connectivity index (χ1) is 13.4. The summed E-state index contributed by atoms with van der Waals surface area (Å²) in [6, 6.07) is 4.89. The molecule has 0 radical (unpaired) electrons. The van der Waals surface area contributed by atoms with E-state index in [2.05, 4.69) is 17.1 Å². The Morgan fingerprint density at radius 1 is 1.18 bits per heavy atom. The summed E-state index contributed by atoms with van der Waals surface area (Å²) in [6.45, 7) is 3.05. The molecule has 4 atom stereocenters. The van der Waals surface area contributed by atoms with Crippen LogP contribution in [0.15, 0.2) is 18.2 Å². The second-order valence-corrected chi connectivity index (χ2v) is 9.25. The Morgan fingerprint density at radius 3 is 2.68 bits per heavy atom. The number of nitrogens with zero attached hydrogens (tertiary/aromatic N) is 1. The third-order valence-corrected chi connectivity index (χ3v) is 7.31. The van der Waals surface area contributed by atoms with Crippen molar-refractivity contribution in [3.63, 3.8) is 0 Å². The van der Waals surface area contributed by atoms with Crippen LogP contribution in [0, 0.1) is 11.8 Å². The van der Waals surface area contributed by atoms with Gasteiger partial charge in [0, 0.05) is 34.2 Å². The Balaban J connectivity index is 1.46. The molecule has 5 nitrogen and oxygen atoms in total. The van der Waals surface area contributed by atoms with E-state index in [0.29, 0.717) is 34.0 Å². The van der Waals surface area contributed by atoms with Crippen molar-refractivity contribution in [1.82, 2.24) is 4.90 Å². The van der Waals surface area contributed by atoms with Crippen molar-refractivity contribution in [2.24, 2.45) is 11.8 Å². The predicted molar refractivity (Wildman–Crippen MR) is 110 cm³/mol. The van der Waals surface area contributed by atoms with Crippen LogP contribution in [-0.2, 0) is 9.53 Å². The molecule has 1 aromatic rings. The molecule has 152 valence electrons. The van der Waals surface area contributed by atoms with E-state index in [1.54, 1.807) is 18.2 Å². The second-order valence-electron chi connectivity index (χ2n) is 8.38. The fourth-order valence-electron chi connectivity index (χ4n) is 5.73. The second kappa shape index (κ2) is 7.75. The quantitative estimate of drug-likeness (QED) is 0.681. The number of rotatable bonds is 2. The minimum absolute atomic E-state index is 0.0240. The van der Waals surface area contributed by atoms with E-state index in [1.807, 2.05) is 0 Å². The zero-order valence-electron chi connectivity index (χ0n) is 16.0. The zero-order chi connectivity index (χ0) is 19.9. The van der Waals surface area contributed by atoms with E-state index in [9.17, 15) is 9.59 Å². The van der Waals surface area contributed by atoms with Gasteiger partial charge >= 0.3 is 6.09 Å². The van der Waals surface area contributed by atoms with Crippen LogP contribution in [-0.4, -0.2) is 35.1 Å². The number of amides is 2. The third-order valence-electron chi connectivity index (χ3n) is 6.88. The van der Waals surface area contributed by atoms with Gasteiger partial charge in [-0.3, -0.25) is 10.1 Å². The largest absolute Gasteiger partial charge is 0.446 e. The van der Waals surface area contributed by atoms with Gasteiger partial charge in [0.05, 0.1) is 0 Å². The monoisotopic (exact) mass is 424 g/mol. The topological polar surface area (TPSA) is 58.6 Å². The lowest BCUT2D eigenvalue weighted by atomic mass is 9.64. The molecule has 2 amide bonds. The maximum absolute atomic E-state index is 12.6. The van der Waals surface area contributed by atoms with Crippen molar-refractivity contribution in [3.8, 4) is 0 Å². The number of hydrogen-bond acceptors (Lipinski definition) is 3. The maximum atomic E-state index is 12.6. The maximum Gasteiger partial charge on any atom is 0.411 e. The fourth-order valence-corrected chi connectivity index (χ4v) is 6.25. The molecule has 0 bridgehead atoms. The van der Waals surface area contributed by atoms with Gasteiger partial charge in [0.2, 0.25) is 5.91 Å². The molecule has 0 unspecified atom stereocenters. The van der Waals surface area contributed by atoms with E-state index >= 15 is 0 Å². The van der Waals surface area contributed by atoms with Crippen molar-refractivity contribution in [1.29, 1.82) is 0 Å². The minimum Gasteiger partial charge on any atom is -0.446 e. The number of carbonyl (C=O) groups is 2. The van der Waals surface area contributed by atoms with Crippen LogP contribution in [0.3, 0.4) is 0 Å². The molecule has 2 saturated heterocycles. The molecule has 2 aliphatic heterocycles. The fraction of sp³-hybridized carbons (Fsp3) is 0.619. The molecular formula is C21H26Cl2N2O3. The van der Waals surface area contributed by atoms with Crippen LogP contribution in [0.5, 0.6) is 0 Å². The van der Waals surface area contributed by atoms with Gasteiger partial charge in [-0.25, -0.2) is 4.79 Å². The van der Waals surface area contributed by atoms with Crippen LogP contribution < -0.4 is 5.32 Å². The molecular weight excluding hydrogens is 399 g/mol. The molecule has 3 aliphatic rings. The summed E-state index contributed by atoms with van der Waals surface area (Å²) in [6.07, 6.45) is 5.80. The highest BCUT2D eigenvalue weighted by Gasteiger charge is 2.55. The average Bonchev–Trinajstić information content (AvgIpc) is 2.98. The Bertz CT molecular complexity index is 767. The molecule has 1 spiro atoms. The molecule has 7 heteroatoms. The van der Waals surface area contributed by atoms with Gasteiger partial charge in [-0.1, -0.05) is 30.1 Å². The lowest BCUT2D eigenvalue weighted by molar-refractivity contribution is -0.140. The molecule has 1 N–H and O–H groups in total. The van der Waals surface area contributed by atoms with Crippen LogP contribution in [0.1, 0.15) is 51.9 Å². The number of halogens is 2. The standard InChI is InChI=1S/C21H26Cl2N2O3/c1-13-17-4-2-5-19(26)25-9-3-7-21(17,25)8-6-18(13)28-20(27)24-16-11-14(22)10-15(23)12-16/h10-13,17-18H,2-9H2,1H3,(H,24,27)/t13-,17+,18+,21-/m1/s1. The van der Waals surface area contributed by atoms with Crippen LogP contribution in [0.25, 0.3) is 0 Å². The SMILES string of the molecule is C[C@H]1[C@@H](OC(=O)Nc2cc(Cl)cc(Cl)c2)CC[C@@]23CCCN2C(=O)CCC[C@@H]13. The number of ether oxygens (including phenoxy) is 1. The summed E-state index contributed by atoms with van der Waals surface area (Å²) >= 11 is 12.0.